The molecule has 146 valence electrons. The standard InChI is InChI=1S/C25H19N3O2/c1-16-5-7-17(8-6-16)25(29)28-22-4-2-3-18-15-19(9-10-20(18)22)30-23-12-14-27-24-21(23)11-13-26-24/h2-15H,1H3,(H,26,27)(H,28,29). The van der Waals surface area contributed by atoms with Crippen molar-refractivity contribution in [1.82, 2.24) is 9.97 Å². The summed E-state index contributed by atoms with van der Waals surface area (Å²) in [5.74, 6) is 1.33. The fourth-order valence-electron chi connectivity index (χ4n) is 3.49. The van der Waals surface area contributed by atoms with Gasteiger partial charge < -0.3 is 15.0 Å². The second-order valence-corrected chi connectivity index (χ2v) is 7.16. The number of ether oxygens (including phenoxy) is 1. The van der Waals surface area contributed by atoms with Crippen molar-refractivity contribution >= 4 is 33.4 Å². The molecule has 0 aliphatic rings. The Labute approximate surface area is 173 Å². The third kappa shape index (κ3) is 3.37. The number of pyridine rings is 1. The normalized spacial score (nSPS) is 11.0. The molecule has 3 aromatic carbocycles. The Morgan fingerprint density at radius 1 is 0.967 bits per heavy atom. The highest BCUT2D eigenvalue weighted by molar-refractivity contribution is 6.09. The number of carbonyl (C=O) groups excluding carboxylic acids is 1. The first-order valence-corrected chi connectivity index (χ1v) is 9.68. The molecule has 5 nitrogen and oxygen atoms in total. The third-order valence-electron chi connectivity index (χ3n) is 5.06. The van der Waals surface area contributed by atoms with Crippen LogP contribution in [0.2, 0.25) is 0 Å². The summed E-state index contributed by atoms with van der Waals surface area (Å²) in [5.41, 5.74) is 3.30. The minimum Gasteiger partial charge on any atom is -0.457 e. The first-order chi connectivity index (χ1) is 14.7. The Bertz CT molecular complexity index is 1370. The van der Waals surface area contributed by atoms with Gasteiger partial charge in [0, 0.05) is 29.0 Å². The molecule has 5 heteroatoms. The minimum absolute atomic E-state index is 0.130. The molecule has 5 rings (SSSR count). The molecule has 1 amide bonds. The average molecular weight is 393 g/mol. The highest BCUT2D eigenvalue weighted by atomic mass is 16.5. The van der Waals surface area contributed by atoms with Crippen molar-refractivity contribution in [2.75, 3.05) is 5.32 Å². The molecule has 2 aromatic heterocycles. The largest absolute Gasteiger partial charge is 0.457 e. The van der Waals surface area contributed by atoms with E-state index in [2.05, 4.69) is 15.3 Å². The van der Waals surface area contributed by atoms with Crippen LogP contribution in [0.1, 0.15) is 15.9 Å². The van der Waals surface area contributed by atoms with Gasteiger partial charge in [-0.15, -0.1) is 0 Å². The van der Waals surface area contributed by atoms with Gasteiger partial charge in [-0.1, -0.05) is 29.8 Å². The SMILES string of the molecule is Cc1ccc(C(=O)Nc2cccc3cc(Oc4ccnc5[nH]ccc45)ccc23)cc1. The van der Waals surface area contributed by atoms with Gasteiger partial charge in [-0.25, -0.2) is 4.98 Å². The molecule has 0 saturated carbocycles. The summed E-state index contributed by atoms with van der Waals surface area (Å²) in [6.45, 7) is 2.00. The number of hydrogen-bond acceptors (Lipinski definition) is 3. The van der Waals surface area contributed by atoms with Gasteiger partial charge in [-0.05, 0) is 60.8 Å². The molecular weight excluding hydrogens is 374 g/mol. The smallest absolute Gasteiger partial charge is 0.255 e. The van der Waals surface area contributed by atoms with E-state index >= 15 is 0 Å². The van der Waals surface area contributed by atoms with E-state index in [1.54, 1.807) is 6.20 Å². The van der Waals surface area contributed by atoms with Crippen molar-refractivity contribution < 1.29 is 9.53 Å². The van der Waals surface area contributed by atoms with Crippen LogP contribution < -0.4 is 10.1 Å². The second-order valence-electron chi connectivity index (χ2n) is 7.16. The lowest BCUT2D eigenvalue weighted by atomic mass is 10.1. The number of nitrogens with one attached hydrogen (secondary N) is 2. The van der Waals surface area contributed by atoms with E-state index in [1.807, 2.05) is 85.9 Å². The van der Waals surface area contributed by atoms with Gasteiger partial charge in [-0.2, -0.15) is 0 Å². The number of aromatic nitrogens is 2. The lowest BCUT2D eigenvalue weighted by molar-refractivity contribution is 0.102. The average Bonchev–Trinajstić information content (AvgIpc) is 3.24. The zero-order valence-corrected chi connectivity index (χ0v) is 16.3. The van der Waals surface area contributed by atoms with Gasteiger partial charge in [0.15, 0.2) is 0 Å². The number of nitrogens with zero attached hydrogens (tertiary/aromatic N) is 1. The lowest BCUT2D eigenvalue weighted by Gasteiger charge is -2.11. The number of rotatable bonds is 4. The summed E-state index contributed by atoms with van der Waals surface area (Å²) in [6, 6.07) is 23.0. The fourth-order valence-corrected chi connectivity index (χ4v) is 3.49. The molecule has 0 radical (unpaired) electrons. The number of amides is 1. The highest BCUT2D eigenvalue weighted by Crippen LogP contribution is 2.32. The molecule has 0 bridgehead atoms. The van der Waals surface area contributed by atoms with Crippen LogP contribution in [0.5, 0.6) is 11.5 Å². The summed E-state index contributed by atoms with van der Waals surface area (Å²) in [7, 11) is 0. The molecule has 0 saturated heterocycles. The number of aryl methyl sites for hydroxylation is 1. The van der Waals surface area contributed by atoms with Crippen LogP contribution in [0.15, 0.2) is 85.2 Å². The van der Waals surface area contributed by atoms with Crippen molar-refractivity contribution in [3.8, 4) is 11.5 Å². The van der Waals surface area contributed by atoms with Crippen molar-refractivity contribution in [3.63, 3.8) is 0 Å². The monoisotopic (exact) mass is 393 g/mol. The van der Waals surface area contributed by atoms with Crippen molar-refractivity contribution in [2.24, 2.45) is 0 Å². The highest BCUT2D eigenvalue weighted by Gasteiger charge is 2.10. The molecule has 0 fully saturated rings. The zero-order valence-electron chi connectivity index (χ0n) is 16.3. The molecule has 0 aliphatic heterocycles. The van der Waals surface area contributed by atoms with Crippen molar-refractivity contribution in [2.45, 2.75) is 6.92 Å². The van der Waals surface area contributed by atoms with Gasteiger partial charge in [0.2, 0.25) is 0 Å². The topological polar surface area (TPSA) is 67.0 Å². The third-order valence-corrected chi connectivity index (χ3v) is 5.06. The Morgan fingerprint density at radius 2 is 1.83 bits per heavy atom. The van der Waals surface area contributed by atoms with Gasteiger partial charge in [0.05, 0.1) is 5.39 Å². The van der Waals surface area contributed by atoms with E-state index < -0.39 is 0 Å². The maximum Gasteiger partial charge on any atom is 0.255 e. The van der Waals surface area contributed by atoms with E-state index in [0.717, 1.165) is 44.6 Å². The zero-order chi connectivity index (χ0) is 20.5. The maximum atomic E-state index is 12.6. The quantitative estimate of drug-likeness (QED) is 0.389. The minimum atomic E-state index is -0.130. The summed E-state index contributed by atoms with van der Waals surface area (Å²) >= 11 is 0. The van der Waals surface area contributed by atoms with Crippen LogP contribution in [0.3, 0.4) is 0 Å². The van der Waals surface area contributed by atoms with E-state index in [1.165, 1.54) is 0 Å². The van der Waals surface area contributed by atoms with Gasteiger partial charge in [0.25, 0.3) is 5.91 Å². The van der Waals surface area contributed by atoms with Gasteiger partial charge in [-0.3, -0.25) is 4.79 Å². The Hall–Kier alpha value is -4.12. The second kappa shape index (κ2) is 7.37. The summed E-state index contributed by atoms with van der Waals surface area (Å²) < 4.78 is 6.11. The van der Waals surface area contributed by atoms with Crippen molar-refractivity contribution in [1.29, 1.82) is 0 Å². The Morgan fingerprint density at radius 3 is 2.70 bits per heavy atom. The maximum absolute atomic E-state index is 12.6. The number of H-pyrrole nitrogens is 1. The van der Waals surface area contributed by atoms with Crippen LogP contribution in [-0.4, -0.2) is 15.9 Å². The van der Waals surface area contributed by atoms with Crippen LogP contribution in [0, 0.1) is 6.92 Å². The summed E-state index contributed by atoms with van der Waals surface area (Å²) in [4.78, 5) is 20.0. The van der Waals surface area contributed by atoms with Gasteiger partial charge in [0.1, 0.15) is 17.1 Å². The van der Waals surface area contributed by atoms with E-state index in [-0.39, 0.29) is 5.91 Å². The lowest BCUT2D eigenvalue weighted by Crippen LogP contribution is -2.12. The van der Waals surface area contributed by atoms with Crippen LogP contribution in [-0.2, 0) is 0 Å². The van der Waals surface area contributed by atoms with Crippen LogP contribution in [0.4, 0.5) is 5.69 Å². The molecular formula is C25H19N3O2. The first-order valence-electron chi connectivity index (χ1n) is 9.68. The van der Waals surface area contributed by atoms with E-state index in [4.69, 9.17) is 4.74 Å². The number of carbonyl (C=O) groups is 1. The molecule has 0 atom stereocenters. The molecule has 2 N–H and O–H groups in total. The Balaban J connectivity index is 1.44. The van der Waals surface area contributed by atoms with Crippen LogP contribution in [0.25, 0.3) is 21.8 Å². The molecule has 30 heavy (non-hydrogen) atoms. The number of aromatic amines is 1. The molecule has 0 spiro atoms. The molecule has 0 aliphatic carbocycles. The molecule has 5 aromatic rings. The van der Waals surface area contributed by atoms with Gasteiger partial charge >= 0.3 is 0 Å². The fraction of sp³-hybridized carbons (Fsp3) is 0.0400. The Kier molecular flexibility index (Phi) is 4.41. The first kappa shape index (κ1) is 17.9. The van der Waals surface area contributed by atoms with E-state index in [9.17, 15) is 4.79 Å². The van der Waals surface area contributed by atoms with E-state index in [0.29, 0.717) is 5.56 Å². The summed E-state index contributed by atoms with van der Waals surface area (Å²) in [5, 5.41) is 5.88. The number of anilines is 1. The number of fused-ring (bicyclic) bond motifs is 2. The molecule has 2 heterocycles. The van der Waals surface area contributed by atoms with Crippen molar-refractivity contribution in [3.05, 3.63) is 96.3 Å². The predicted molar refractivity (Wildman–Crippen MR) is 119 cm³/mol. The van der Waals surface area contributed by atoms with Crippen LogP contribution >= 0.6 is 0 Å². The molecule has 0 unspecified atom stereocenters. The number of hydrogen-bond donors (Lipinski definition) is 2. The predicted octanol–water partition coefficient (Wildman–Crippen LogP) is 6.07. The summed E-state index contributed by atoms with van der Waals surface area (Å²) in [6.07, 6.45) is 3.56. The number of benzene rings is 3.